The van der Waals surface area contributed by atoms with Crippen LogP contribution in [0, 0.1) is 5.41 Å². The molecule has 0 unspecified atom stereocenters. The minimum absolute atomic E-state index is 0.0531. The van der Waals surface area contributed by atoms with E-state index in [1.54, 1.807) is 24.5 Å². The molecule has 2 atom stereocenters. The molecule has 2 amide bonds. The van der Waals surface area contributed by atoms with Gasteiger partial charge in [-0.05, 0) is 70.2 Å². The highest BCUT2D eigenvalue weighted by molar-refractivity contribution is 6.04. The van der Waals surface area contributed by atoms with Crippen molar-refractivity contribution in [1.82, 2.24) is 25.1 Å². The number of anilines is 3. The second-order valence-electron chi connectivity index (χ2n) is 14.0. The highest BCUT2D eigenvalue weighted by Gasteiger charge is 2.64. The van der Waals surface area contributed by atoms with Crippen molar-refractivity contribution in [2.24, 2.45) is 5.41 Å². The second kappa shape index (κ2) is 12.4. The summed E-state index contributed by atoms with van der Waals surface area (Å²) in [6, 6.07) is 6.77. The van der Waals surface area contributed by atoms with Gasteiger partial charge in [-0.1, -0.05) is 12.8 Å². The van der Waals surface area contributed by atoms with Crippen molar-refractivity contribution in [3.63, 3.8) is 0 Å². The number of ether oxygens (including phenoxy) is 1. The highest BCUT2D eigenvalue weighted by Crippen LogP contribution is 2.54. The first-order chi connectivity index (χ1) is 21.9. The zero-order chi connectivity index (χ0) is 31.1. The summed E-state index contributed by atoms with van der Waals surface area (Å²) in [7, 11) is 5.67. The fourth-order valence-electron chi connectivity index (χ4n) is 8.27. The molecule has 2 aliphatic heterocycles. The number of fused-ring (bicyclic) bond motifs is 1. The van der Waals surface area contributed by atoms with Crippen LogP contribution in [-0.4, -0.2) is 110 Å². The molecule has 1 spiro atoms. The third-order valence-corrected chi connectivity index (χ3v) is 11.2. The van der Waals surface area contributed by atoms with Gasteiger partial charge in [0.15, 0.2) is 5.82 Å². The Bertz CT molecular complexity index is 1400. The fraction of sp³-hybridized carbons (Fsp3) is 0.647. The van der Waals surface area contributed by atoms with E-state index < -0.39 is 5.41 Å². The maximum Gasteiger partial charge on any atom is 0.251 e. The van der Waals surface area contributed by atoms with Crippen molar-refractivity contribution in [2.75, 3.05) is 69.0 Å². The van der Waals surface area contributed by atoms with Crippen molar-refractivity contribution in [3.8, 4) is 5.75 Å². The molecule has 45 heavy (non-hydrogen) atoms. The smallest absolute Gasteiger partial charge is 0.251 e. The van der Waals surface area contributed by atoms with Gasteiger partial charge in [0.2, 0.25) is 5.91 Å². The minimum Gasteiger partial charge on any atom is -0.495 e. The van der Waals surface area contributed by atoms with Crippen LogP contribution in [0.2, 0.25) is 0 Å². The van der Waals surface area contributed by atoms with Gasteiger partial charge in [0.1, 0.15) is 17.8 Å². The summed E-state index contributed by atoms with van der Waals surface area (Å²) in [5.41, 5.74) is 1.60. The van der Waals surface area contributed by atoms with Crippen LogP contribution in [-0.2, 0) is 4.79 Å². The molecule has 2 N–H and O–H groups in total. The molecule has 242 valence electrons. The van der Waals surface area contributed by atoms with Gasteiger partial charge in [0.05, 0.1) is 24.4 Å². The van der Waals surface area contributed by atoms with Gasteiger partial charge in [-0.25, -0.2) is 9.97 Å². The van der Waals surface area contributed by atoms with Crippen LogP contribution in [0.1, 0.15) is 68.1 Å². The van der Waals surface area contributed by atoms with Crippen LogP contribution in [0.5, 0.6) is 5.75 Å². The van der Waals surface area contributed by atoms with E-state index in [4.69, 9.17) is 4.74 Å². The molecule has 11 heteroatoms. The van der Waals surface area contributed by atoms with Crippen LogP contribution in [0.15, 0.2) is 30.7 Å². The molecule has 3 saturated carbocycles. The van der Waals surface area contributed by atoms with Gasteiger partial charge in [-0.3, -0.25) is 14.5 Å². The maximum atomic E-state index is 14.0. The maximum absolute atomic E-state index is 14.0. The van der Waals surface area contributed by atoms with Crippen molar-refractivity contribution < 1.29 is 14.3 Å². The van der Waals surface area contributed by atoms with E-state index in [0.29, 0.717) is 29.9 Å². The van der Waals surface area contributed by atoms with Crippen LogP contribution >= 0.6 is 0 Å². The number of benzene rings is 1. The largest absolute Gasteiger partial charge is 0.495 e. The number of carbonyl (C=O) groups is 2. The van der Waals surface area contributed by atoms with Gasteiger partial charge in [0.25, 0.3) is 5.91 Å². The predicted octanol–water partition coefficient (Wildman–Crippen LogP) is 3.37. The third-order valence-electron chi connectivity index (χ3n) is 11.2. The lowest BCUT2D eigenvalue weighted by molar-refractivity contribution is -0.123. The number of nitrogens with zero attached hydrogens (tertiary/aromatic N) is 6. The molecule has 1 aromatic heterocycles. The first kappa shape index (κ1) is 30.2. The molecule has 2 aromatic rings. The van der Waals surface area contributed by atoms with Crippen LogP contribution in [0.25, 0.3) is 0 Å². The molecular weight excluding hydrogens is 568 g/mol. The number of likely N-dealkylation sites (N-methyl/N-ethyl adjacent to an activating group) is 1. The molecular formula is C34H48N8O3. The van der Waals surface area contributed by atoms with Crippen molar-refractivity contribution in [3.05, 3.63) is 36.3 Å². The number of nitrogens with one attached hydrogen (secondary N) is 2. The Morgan fingerprint density at radius 2 is 1.76 bits per heavy atom. The number of aromatic nitrogens is 2. The molecule has 1 saturated heterocycles. The Morgan fingerprint density at radius 1 is 1.00 bits per heavy atom. The topological polar surface area (TPSA) is 106 Å². The van der Waals surface area contributed by atoms with Gasteiger partial charge >= 0.3 is 0 Å². The van der Waals surface area contributed by atoms with E-state index in [-0.39, 0.29) is 23.9 Å². The number of carbonyl (C=O) groups excluding carboxylic acids is 2. The Balaban J connectivity index is 1.00. The predicted molar refractivity (Wildman–Crippen MR) is 175 cm³/mol. The summed E-state index contributed by atoms with van der Waals surface area (Å²) in [4.78, 5) is 45.3. The molecule has 7 rings (SSSR count). The highest BCUT2D eigenvalue weighted by atomic mass is 16.5. The molecule has 0 bridgehead atoms. The summed E-state index contributed by atoms with van der Waals surface area (Å²) >= 11 is 0. The molecule has 1 aromatic carbocycles. The molecule has 3 heterocycles. The van der Waals surface area contributed by atoms with E-state index in [1.807, 2.05) is 25.2 Å². The third kappa shape index (κ3) is 5.85. The van der Waals surface area contributed by atoms with Crippen molar-refractivity contribution in [2.45, 2.75) is 82.0 Å². The van der Waals surface area contributed by atoms with Crippen LogP contribution < -0.4 is 25.2 Å². The lowest BCUT2D eigenvalue weighted by atomic mass is 9.89. The molecule has 3 aliphatic carbocycles. The SMILES string of the molecule is COc1cc(C(=O)NC2CCC(N3CCN(C)CC3)CC2)ccc1N[C@@H]1C[C@]12CN(C1CCCC1)c1ncncc1N(C)C2=O. The zero-order valence-corrected chi connectivity index (χ0v) is 27.0. The number of rotatable bonds is 7. The van der Waals surface area contributed by atoms with Crippen molar-refractivity contribution in [1.29, 1.82) is 0 Å². The number of hydrogen-bond acceptors (Lipinski definition) is 9. The van der Waals surface area contributed by atoms with E-state index in [2.05, 4.69) is 42.3 Å². The van der Waals surface area contributed by atoms with Gasteiger partial charge in [0, 0.05) is 69.5 Å². The zero-order valence-electron chi connectivity index (χ0n) is 27.0. The average Bonchev–Trinajstić information content (AvgIpc) is 3.50. The van der Waals surface area contributed by atoms with E-state index in [9.17, 15) is 9.59 Å². The molecule has 5 aliphatic rings. The lowest BCUT2D eigenvalue weighted by Gasteiger charge is -2.41. The monoisotopic (exact) mass is 616 g/mol. The van der Waals surface area contributed by atoms with Crippen LogP contribution in [0.3, 0.4) is 0 Å². The van der Waals surface area contributed by atoms with Gasteiger partial charge < -0.3 is 30.1 Å². The molecule has 0 radical (unpaired) electrons. The molecule has 11 nitrogen and oxygen atoms in total. The Hall–Kier alpha value is -3.44. The Morgan fingerprint density at radius 3 is 2.49 bits per heavy atom. The van der Waals surface area contributed by atoms with E-state index >= 15 is 0 Å². The fourth-order valence-corrected chi connectivity index (χ4v) is 8.27. The quantitative estimate of drug-likeness (QED) is 0.485. The second-order valence-corrected chi connectivity index (χ2v) is 14.0. The Kier molecular flexibility index (Phi) is 8.33. The first-order valence-corrected chi connectivity index (χ1v) is 16.9. The summed E-state index contributed by atoms with van der Waals surface area (Å²) in [6.45, 7) is 5.20. The van der Waals surface area contributed by atoms with E-state index in [1.165, 1.54) is 12.8 Å². The number of piperazine rings is 1. The molecule has 4 fully saturated rings. The number of methoxy groups -OCH3 is 1. The summed E-state index contributed by atoms with van der Waals surface area (Å²) < 4.78 is 5.77. The number of amides is 2. The summed E-state index contributed by atoms with van der Waals surface area (Å²) in [6.07, 6.45) is 13.0. The summed E-state index contributed by atoms with van der Waals surface area (Å²) in [5, 5.41) is 6.91. The number of hydrogen-bond donors (Lipinski definition) is 2. The van der Waals surface area contributed by atoms with E-state index in [0.717, 1.165) is 88.3 Å². The standard InChI is InChI=1S/C34H48N8O3/c1-39-14-16-41(17-15-39)25-11-9-24(10-12-25)37-32(43)23-8-13-27(29(18-23)45-3)38-30-19-34(30)21-42(26-6-4-5-7-26)31-28(20-35-22-36-31)40(2)33(34)44/h8,13,18,20,22,24-26,30,38H,4-7,9-12,14-17,19,21H2,1-3H3,(H,37,43)/t24?,25?,30-,34+/m1/s1. The minimum atomic E-state index is -0.567. The van der Waals surface area contributed by atoms with Gasteiger partial charge in [-0.2, -0.15) is 0 Å². The average molecular weight is 617 g/mol. The normalized spacial score (nSPS) is 29.4. The van der Waals surface area contributed by atoms with Crippen LogP contribution in [0.4, 0.5) is 17.2 Å². The lowest BCUT2D eigenvalue weighted by Crippen LogP contribution is -2.51. The van der Waals surface area contributed by atoms with Gasteiger partial charge in [-0.15, -0.1) is 0 Å². The van der Waals surface area contributed by atoms with Crippen molar-refractivity contribution >= 4 is 29.0 Å². The summed E-state index contributed by atoms with van der Waals surface area (Å²) in [5.74, 6) is 1.50. The Labute approximate surface area is 266 Å². The first-order valence-electron chi connectivity index (χ1n) is 16.9.